The Morgan fingerprint density at radius 2 is 1.96 bits per heavy atom. The summed E-state index contributed by atoms with van der Waals surface area (Å²) < 4.78 is 2.18. The highest BCUT2D eigenvalue weighted by Gasteiger charge is 2.25. The average Bonchev–Trinajstić information content (AvgIpc) is 3.08. The molecule has 0 saturated carbocycles. The van der Waals surface area contributed by atoms with Crippen LogP contribution in [0.1, 0.15) is 16.7 Å². The molecule has 0 bridgehead atoms. The standard InChI is InChI=1S/C20H16N2O2S/c1-13-5-4-6-14(9-13)11-22-12-15(16-7-2-3-8-17(16)22)10-18-19(23)21-20(24)25-18/h2-10,12H,11H2,1H3,(H,21,23,24). The fourth-order valence-corrected chi connectivity index (χ4v) is 3.76. The minimum Gasteiger partial charge on any atom is -0.342 e. The number of rotatable bonds is 3. The molecule has 0 aliphatic carbocycles. The lowest BCUT2D eigenvalue weighted by molar-refractivity contribution is -0.115. The van der Waals surface area contributed by atoms with Crippen LogP contribution in [0.3, 0.4) is 0 Å². The second-order valence-electron chi connectivity index (χ2n) is 6.07. The van der Waals surface area contributed by atoms with Crippen LogP contribution in [0.5, 0.6) is 0 Å². The number of carbonyl (C=O) groups excluding carboxylic acids is 2. The number of thioether (sulfide) groups is 1. The summed E-state index contributed by atoms with van der Waals surface area (Å²) in [6.45, 7) is 2.84. The van der Waals surface area contributed by atoms with Gasteiger partial charge < -0.3 is 4.57 Å². The second kappa shape index (κ2) is 6.26. The molecule has 0 unspecified atom stereocenters. The number of imide groups is 1. The zero-order valence-corrected chi connectivity index (χ0v) is 14.5. The van der Waals surface area contributed by atoms with Crippen molar-refractivity contribution in [3.8, 4) is 0 Å². The number of benzene rings is 2. The molecule has 3 aromatic rings. The molecule has 0 radical (unpaired) electrons. The van der Waals surface area contributed by atoms with Crippen LogP contribution in [0.4, 0.5) is 4.79 Å². The van der Waals surface area contributed by atoms with Crippen molar-refractivity contribution in [2.75, 3.05) is 0 Å². The van der Waals surface area contributed by atoms with Gasteiger partial charge in [0.25, 0.3) is 11.1 Å². The first kappa shape index (κ1) is 15.7. The zero-order chi connectivity index (χ0) is 17.4. The number of aryl methyl sites for hydroxylation is 1. The third kappa shape index (κ3) is 3.10. The molecular formula is C20H16N2O2S. The molecule has 2 heterocycles. The summed E-state index contributed by atoms with van der Waals surface area (Å²) in [6.07, 6.45) is 3.83. The molecular weight excluding hydrogens is 332 g/mol. The lowest BCUT2D eigenvalue weighted by Crippen LogP contribution is -2.17. The Bertz CT molecular complexity index is 1030. The topological polar surface area (TPSA) is 51.1 Å². The van der Waals surface area contributed by atoms with E-state index in [4.69, 9.17) is 0 Å². The van der Waals surface area contributed by atoms with Crippen molar-refractivity contribution in [3.63, 3.8) is 0 Å². The molecule has 2 aromatic carbocycles. The Kier molecular flexibility index (Phi) is 3.93. The van der Waals surface area contributed by atoms with E-state index >= 15 is 0 Å². The molecule has 1 fully saturated rings. The lowest BCUT2D eigenvalue weighted by Gasteiger charge is -2.06. The maximum Gasteiger partial charge on any atom is 0.290 e. The number of hydrogen-bond donors (Lipinski definition) is 1. The van der Waals surface area contributed by atoms with Crippen LogP contribution in [-0.4, -0.2) is 15.7 Å². The molecule has 4 rings (SSSR count). The Morgan fingerprint density at radius 1 is 1.12 bits per heavy atom. The number of carbonyl (C=O) groups is 2. The van der Waals surface area contributed by atoms with E-state index in [2.05, 4.69) is 47.1 Å². The molecule has 25 heavy (non-hydrogen) atoms. The number of amides is 2. The first-order chi connectivity index (χ1) is 12.1. The average molecular weight is 348 g/mol. The summed E-state index contributed by atoms with van der Waals surface area (Å²) in [4.78, 5) is 23.6. The van der Waals surface area contributed by atoms with E-state index in [0.717, 1.165) is 34.8 Å². The molecule has 124 valence electrons. The summed E-state index contributed by atoms with van der Waals surface area (Å²) in [5, 5.41) is 3.04. The van der Waals surface area contributed by atoms with Gasteiger partial charge in [-0.3, -0.25) is 14.9 Å². The van der Waals surface area contributed by atoms with Gasteiger partial charge >= 0.3 is 0 Å². The summed E-state index contributed by atoms with van der Waals surface area (Å²) in [5.74, 6) is -0.328. The molecule has 0 spiro atoms. The number of hydrogen-bond acceptors (Lipinski definition) is 3. The first-order valence-corrected chi connectivity index (χ1v) is 8.80. The van der Waals surface area contributed by atoms with Crippen LogP contribution in [0.15, 0.2) is 59.6 Å². The summed E-state index contributed by atoms with van der Waals surface area (Å²) >= 11 is 0.945. The maximum absolute atomic E-state index is 11.8. The van der Waals surface area contributed by atoms with Crippen LogP contribution >= 0.6 is 11.8 Å². The molecule has 1 aliphatic rings. The monoisotopic (exact) mass is 348 g/mol. The van der Waals surface area contributed by atoms with Crippen molar-refractivity contribution in [1.29, 1.82) is 0 Å². The third-order valence-corrected chi connectivity index (χ3v) is 4.99. The Labute approximate surface area is 149 Å². The van der Waals surface area contributed by atoms with E-state index in [1.807, 2.05) is 24.4 Å². The van der Waals surface area contributed by atoms with Crippen molar-refractivity contribution in [3.05, 3.63) is 76.3 Å². The summed E-state index contributed by atoms with van der Waals surface area (Å²) in [5.41, 5.74) is 4.50. The molecule has 5 heteroatoms. The van der Waals surface area contributed by atoms with Gasteiger partial charge in [0.05, 0.1) is 4.91 Å². The fraction of sp³-hybridized carbons (Fsp3) is 0.100. The second-order valence-corrected chi connectivity index (χ2v) is 7.09. The van der Waals surface area contributed by atoms with Gasteiger partial charge in [0.15, 0.2) is 0 Å². The molecule has 1 N–H and O–H groups in total. The molecule has 4 nitrogen and oxygen atoms in total. The van der Waals surface area contributed by atoms with E-state index in [1.165, 1.54) is 11.1 Å². The highest BCUT2D eigenvalue weighted by Crippen LogP contribution is 2.30. The minimum absolute atomic E-state index is 0.320. The number of para-hydroxylation sites is 1. The number of aromatic nitrogens is 1. The lowest BCUT2D eigenvalue weighted by atomic mass is 10.1. The van der Waals surface area contributed by atoms with Gasteiger partial charge in [-0.15, -0.1) is 0 Å². The van der Waals surface area contributed by atoms with Crippen molar-refractivity contribution in [2.45, 2.75) is 13.5 Å². The van der Waals surface area contributed by atoms with Gasteiger partial charge in [0, 0.05) is 29.2 Å². The smallest absolute Gasteiger partial charge is 0.290 e. The molecule has 2 amide bonds. The Balaban J connectivity index is 1.78. The molecule has 1 aromatic heterocycles. The first-order valence-electron chi connectivity index (χ1n) is 7.98. The summed E-state index contributed by atoms with van der Waals surface area (Å²) in [7, 11) is 0. The van der Waals surface area contributed by atoms with Crippen molar-refractivity contribution in [1.82, 2.24) is 9.88 Å². The van der Waals surface area contributed by atoms with Gasteiger partial charge in [-0.1, -0.05) is 48.0 Å². The number of nitrogens with zero attached hydrogens (tertiary/aromatic N) is 1. The quantitative estimate of drug-likeness (QED) is 0.717. The van der Waals surface area contributed by atoms with E-state index in [0.29, 0.717) is 4.91 Å². The third-order valence-electron chi connectivity index (χ3n) is 4.18. The van der Waals surface area contributed by atoms with Crippen LogP contribution in [0.25, 0.3) is 17.0 Å². The minimum atomic E-state index is -0.328. The van der Waals surface area contributed by atoms with Gasteiger partial charge in [-0.05, 0) is 36.4 Å². The van der Waals surface area contributed by atoms with Crippen LogP contribution in [-0.2, 0) is 11.3 Å². The van der Waals surface area contributed by atoms with Crippen LogP contribution < -0.4 is 5.32 Å². The highest BCUT2D eigenvalue weighted by atomic mass is 32.2. The SMILES string of the molecule is Cc1cccc(Cn2cc(C=C3SC(=O)NC3=O)c3ccccc32)c1. The van der Waals surface area contributed by atoms with Gasteiger partial charge in [0.2, 0.25) is 0 Å². The Morgan fingerprint density at radius 3 is 2.72 bits per heavy atom. The van der Waals surface area contributed by atoms with Gasteiger partial charge in [-0.25, -0.2) is 0 Å². The zero-order valence-electron chi connectivity index (χ0n) is 13.7. The Hall–Kier alpha value is -2.79. The summed E-state index contributed by atoms with van der Waals surface area (Å²) in [6, 6.07) is 16.5. The predicted octanol–water partition coefficient (Wildman–Crippen LogP) is 4.32. The largest absolute Gasteiger partial charge is 0.342 e. The van der Waals surface area contributed by atoms with E-state index in [-0.39, 0.29) is 11.1 Å². The molecule has 1 aliphatic heterocycles. The number of fused-ring (bicyclic) bond motifs is 1. The van der Waals surface area contributed by atoms with Crippen LogP contribution in [0, 0.1) is 6.92 Å². The maximum atomic E-state index is 11.8. The van der Waals surface area contributed by atoms with Gasteiger partial charge in [-0.2, -0.15) is 0 Å². The van der Waals surface area contributed by atoms with E-state index in [9.17, 15) is 9.59 Å². The number of nitrogens with one attached hydrogen (secondary N) is 1. The van der Waals surface area contributed by atoms with E-state index in [1.54, 1.807) is 6.08 Å². The van der Waals surface area contributed by atoms with Crippen molar-refractivity contribution < 1.29 is 9.59 Å². The van der Waals surface area contributed by atoms with Gasteiger partial charge in [0.1, 0.15) is 0 Å². The van der Waals surface area contributed by atoms with Crippen molar-refractivity contribution in [2.24, 2.45) is 0 Å². The van der Waals surface area contributed by atoms with E-state index < -0.39 is 0 Å². The molecule has 0 atom stereocenters. The van der Waals surface area contributed by atoms with Crippen molar-refractivity contribution >= 4 is 39.9 Å². The fourth-order valence-electron chi connectivity index (χ4n) is 3.09. The predicted molar refractivity (Wildman–Crippen MR) is 101 cm³/mol. The highest BCUT2D eigenvalue weighted by molar-refractivity contribution is 8.18. The molecule has 1 saturated heterocycles. The normalized spacial score (nSPS) is 16.0. The van der Waals surface area contributed by atoms with Crippen LogP contribution in [0.2, 0.25) is 0 Å².